The van der Waals surface area contributed by atoms with Crippen LogP contribution in [-0.4, -0.2) is 4.98 Å². The predicted molar refractivity (Wildman–Crippen MR) is 41.7 cm³/mol. The maximum absolute atomic E-state index is 4.14. The molecule has 0 amide bonds. The molecule has 0 N–H and O–H groups in total. The quantitative estimate of drug-likeness (QED) is 0.585. The van der Waals surface area contributed by atoms with Crippen molar-refractivity contribution < 1.29 is 0 Å². The Kier molecular flexibility index (Phi) is 2.11. The molecular weight excluding hydrogens is 130 g/mol. The van der Waals surface area contributed by atoms with Crippen molar-refractivity contribution in [2.45, 2.75) is 12.7 Å². The van der Waals surface area contributed by atoms with Crippen molar-refractivity contribution in [3.05, 3.63) is 29.6 Å². The van der Waals surface area contributed by atoms with E-state index in [-0.39, 0.29) is 0 Å². The maximum atomic E-state index is 4.14. The molecule has 0 aliphatic heterocycles. The van der Waals surface area contributed by atoms with E-state index in [1.807, 2.05) is 19.1 Å². The predicted octanol–water partition coefficient (Wildman–Crippen LogP) is 1.82. The van der Waals surface area contributed by atoms with Gasteiger partial charge in [-0.05, 0) is 18.6 Å². The normalized spacial score (nSPS) is 9.56. The summed E-state index contributed by atoms with van der Waals surface area (Å²) in [6.07, 6.45) is 1.79. The van der Waals surface area contributed by atoms with Crippen molar-refractivity contribution >= 4 is 12.6 Å². The molecule has 9 heavy (non-hydrogen) atoms. The van der Waals surface area contributed by atoms with E-state index in [1.165, 1.54) is 5.56 Å². The highest BCUT2D eigenvalue weighted by Crippen LogP contribution is 2.05. The van der Waals surface area contributed by atoms with Gasteiger partial charge in [0, 0.05) is 17.6 Å². The summed E-state index contributed by atoms with van der Waals surface area (Å²) in [6.45, 7) is 1.99. The molecule has 0 saturated heterocycles. The van der Waals surface area contributed by atoms with E-state index in [0.717, 1.165) is 11.4 Å². The number of aromatic nitrogens is 1. The molecule has 1 nitrogen and oxygen atoms in total. The van der Waals surface area contributed by atoms with E-state index in [1.54, 1.807) is 6.20 Å². The third-order valence-electron chi connectivity index (χ3n) is 1.29. The number of hydrogen-bond donors (Lipinski definition) is 1. The van der Waals surface area contributed by atoms with Crippen LogP contribution in [0, 0.1) is 6.92 Å². The summed E-state index contributed by atoms with van der Waals surface area (Å²) in [5, 5.41) is 0. The minimum Gasteiger partial charge on any atom is -0.261 e. The van der Waals surface area contributed by atoms with E-state index >= 15 is 0 Å². The minimum atomic E-state index is 0.777. The zero-order chi connectivity index (χ0) is 6.69. The molecule has 48 valence electrons. The van der Waals surface area contributed by atoms with Crippen molar-refractivity contribution in [3.8, 4) is 0 Å². The van der Waals surface area contributed by atoms with Crippen LogP contribution in [0.5, 0.6) is 0 Å². The van der Waals surface area contributed by atoms with Gasteiger partial charge in [0.2, 0.25) is 0 Å². The summed E-state index contributed by atoms with van der Waals surface area (Å²) in [5.74, 6) is 0.777. The molecule has 0 spiro atoms. The Morgan fingerprint density at radius 3 is 2.89 bits per heavy atom. The van der Waals surface area contributed by atoms with Crippen molar-refractivity contribution in [1.82, 2.24) is 4.98 Å². The van der Waals surface area contributed by atoms with Crippen LogP contribution in [0.3, 0.4) is 0 Å². The van der Waals surface area contributed by atoms with Gasteiger partial charge in [-0.25, -0.2) is 0 Å². The second-order valence-corrected chi connectivity index (χ2v) is 2.22. The Balaban J connectivity index is 3.01. The number of rotatable bonds is 1. The Hall–Kier alpha value is -0.500. The lowest BCUT2D eigenvalue weighted by Crippen LogP contribution is -1.86. The number of hydrogen-bond acceptors (Lipinski definition) is 2. The van der Waals surface area contributed by atoms with Crippen LogP contribution >= 0.6 is 12.6 Å². The highest BCUT2D eigenvalue weighted by atomic mass is 32.1. The Morgan fingerprint density at radius 2 is 2.44 bits per heavy atom. The molecule has 0 bridgehead atoms. The van der Waals surface area contributed by atoms with Crippen LogP contribution in [0.25, 0.3) is 0 Å². The fourth-order valence-electron chi connectivity index (χ4n) is 0.685. The first kappa shape index (κ1) is 6.62. The van der Waals surface area contributed by atoms with E-state index in [9.17, 15) is 0 Å². The third-order valence-corrected chi connectivity index (χ3v) is 1.63. The monoisotopic (exact) mass is 139 g/mol. The highest BCUT2D eigenvalue weighted by molar-refractivity contribution is 7.79. The molecule has 2 heteroatoms. The summed E-state index contributed by atoms with van der Waals surface area (Å²) >= 11 is 4.14. The van der Waals surface area contributed by atoms with Crippen LogP contribution in [0.4, 0.5) is 0 Å². The van der Waals surface area contributed by atoms with Gasteiger partial charge in [-0.3, -0.25) is 4.98 Å². The lowest BCUT2D eigenvalue weighted by Gasteiger charge is -1.96. The van der Waals surface area contributed by atoms with Crippen LogP contribution < -0.4 is 0 Å². The summed E-state index contributed by atoms with van der Waals surface area (Å²) < 4.78 is 0. The Morgan fingerprint density at radius 1 is 1.67 bits per heavy atom. The summed E-state index contributed by atoms with van der Waals surface area (Å²) in [4.78, 5) is 4.10. The fraction of sp³-hybridized carbons (Fsp3) is 0.286. The van der Waals surface area contributed by atoms with Crippen LogP contribution in [0.15, 0.2) is 18.3 Å². The largest absolute Gasteiger partial charge is 0.261 e. The Bertz CT molecular complexity index is 198. The summed E-state index contributed by atoms with van der Waals surface area (Å²) in [5.41, 5.74) is 2.29. The number of pyridine rings is 1. The van der Waals surface area contributed by atoms with Crippen LogP contribution in [-0.2, 0) is 5.75 Å². The molecule has 1 aromatic rings. The first-order valence-electron chi connectivity index (χ1n) is 2.86. The smallest absolute Gasteiger partial charge is 0.0412 e. The second-order valence-electron chi connectivity index (χ2n) is 1.91. The molecule has 0 radical (unpaired) electrons. The molecule has 0 saturated carbocycles. The average Bonchev–Trinajstić information content (AvgIpc) is 1.89. The minimum absolute atomic E-state index is 0.777. The standard InChI is InChI=1S/C7H9NS/c1-6-7(5-9)3-2-4-8-6/h2-4,9H,5H2,1H3. The molecule has 1 rings (SSSR count). The fourth-order valence-corrected chi connectivity index (χ4v) is 1.02. The zero-order valence-electron chi connectivity index (χ0n) is 5.33. The topological polar surface area (TPSA) is 12.9 Å². The molecule has 0 fully saturated rings. The third kappa shape index (κ3) is 1.45. The number of aryl methyl sites for hydroxylation is 1. The first-order valence-corrected chi connectivity index (χ1v) is 3.49. The maximum Gasteiger partial charge on any atom is 0.0412 e. The van der Waals surface area contributed by atoms with E-state index in [4.69, 9.17) is 0 Å². The van der Waals surface area contributed by atoms with Crippen LogP contribution in [0.2, 0.25) is 0 Å². The van der Waals surface area contributed by atoms with E-state index < -0.39 is 0 Å². The van der Waals surface area contributed by atoms with Gasteiger partial charge in [0.15, 0.2) is 0 Å². The molecule has 0 unspecified atom stereocenters. The zero-order valence-corrected chi connectivity index (χ0v) is 6.23. The number of nitrogens with zero attached hydrogens (tertiary/aromatic N) is 1. The van der Waals surface area contributed by atoms with Gasteiger partial charge in [0.05, 0.1) is 0 Å². The molecule has 1 aromatic heterocycles. The molecule has 0 atom stereocenters. The van der Waals surface area contributed by atoms with E-state index in [2.05, 4.69) is 17.6 Å². The van der Waals surface area contributed by atoms with Crippen molar-refractivity contribution in [1.29, 1.82) is 0 Å². The van der Waals surface area contributed by atoms with Crippen molar-refractivity contribution in [3.63, 3.8) is 0 Å². The van der Waals surface area contributed by atoms with Crippen LogP contribution in [0.1, 0.15) is 11.3 Å². The summed E-state index contributed by atoms with van der Waals surface area (Å²) in [7, 11) is 0. The van der Waals surface area contributed by atoms with Gasteiger partial charge in [0.25, 0.3) is 0 Å². The van der Waals surface area contributed by atoms with Gasteiger partial charge in [0.1, 0.15) is 0 Å². The molecular formula is C7H9NS. The van der Waals surface area contributed by atoms with Gasteiger partial charge in [-0.1, -0.05) is 6.07 Å². The summed E-state index contributed by atoms with van der Waals surface area (Å²) in [6, 6.07) is 3.97. The molecule has 1 heterocycles. The SMILES string of the molecule is Cc1ncccc1CS. The highest BCUT2D eigenvalue weighted by Gasteiger charge is 1.91. The van der Waals surface area contributed by atoms with Gasteiger partial charge in [-0.2, -0.15) is 12.6 Å². The first-order chi connectivity index (χ1) is 4.34. The van der Waals surface area contributed by atoms with Crippen molar-refractivity contribution in [2.75, 3.05) is 0 Å². The van der Waals surface area contributed by atoms with Gasteiger partial charge >= 0.3 is 0 Å². The van der Waals surface area contributed by atoms with Gasteiger partial charge < -0.3 is 0 Å². The van der Waals surface area contributed by atoms with E-state index in [0.29, 0.717) is 0 Å². The molecule has 0 aliphatic carbocycles. The number of thiol groups is 1. The lowest BCUT2D eigenvalue weighted by molar-refractivity contribution is 1.14. The van der Waals surface area contributed by atoms with Gasteiger partial charge in [-0.15, -0.1) is 0 Å². The lowest BCUT2D eigenvalue weighted by atomic mass is 10.2. The average molecular weight is 139 g/mol. The Labute approximate surface area is 60.5 Å². The molecule has 0 aromatic carbocycles. The molecule has 0 aliphatic rings. The second kappa shape index (κ2) is 2.87. The van der Waals surface area contributed by atoms with Crippen molar-refractivity contribution in [2.24, 2.45) is 0 Å².